The Bertz CT molecular complexity index is 216. The van der Waals surface area contributed by atoms with Crippen LogP contribution in [-0.2, 0) is 0 Å². The first-order chi connectivity index (χ1) is 6.33. The Morgan fingerprint density at radius 2 is 2.62 bits per heavy atom. The van der Waals surface area contributed by atoms with E-state index in [9.17, 15) is 0 Å². The molecule has 72 valence electrons. The molecule has 1 unspecified atom stereocenters. The Balaban J connectivity index is 2.20. The molecule has 2 heteroatoms. The molecule has 0 fully saturated rings. The maximum atomic E-state index is 4.27. The second kappa shape index (κ2) is 5.57. The average Bonchev–Trinajstić information content (AvgIpc) is 2.15. The number of allylic oxidation sites excluding steroid dienone is 2. The summed E-state index contributed by atoms with van der Waals surface area (Å²) in [6.45, 7) is 6.69. The first-order valence-corrected chi connectivity index (χ1v) is 4.84. The van der Waals surface area contributed by atoms with Crippen molar-refractivity contribution in [3.05, 3.63) is 24.4 Å². The zero-order chi connectivity index (χ0) is 9.52. The van der Waals surface area contributed by atoms with Crippen LogP contribution in [0, 0.1) is 5.92 Å². The summed E-state index contributed by atoms with van der Waals surface area (Å²) in [7, 11) is 0. The predicted octanol–water partition coefficient (Wildman–Crippen LogP) is 2.49. The molecule has 0 saturated carbocycles. The fourth-order valence-corrected chi connectivity index (χ4v) is 1.49. The minimum absolute atomic E-state index is 0.742. The summed E-state index contributed by atoms with van der Waals surface area (Å²) >= 11 is 0. The van der Waals surface area contributed by atoms with E-state index in [1.807, 2.05) is 0 Å². The maximum Gasteiger partial charge on any atom is 0.0863 e. The van der Waals surface area contributed by atoms with Gasteiger partial charge in [-0.15, -0.1) is 0 Å². The lowest BCUT2D eigenvalue weighted by atomic mass is 9.90. The average molecular weight is 178 g/mol. The van der Waals surface area contributed by atoms with Crippen LogP contribution in [0.5, 0.6) is 0 Å². The lowest BCUT2D eigenvalue weighted by Gasteiger charge is -2.17. The molecule has 0 radical (unpaired) electrons. The lowest BCUT2D eigenvalue weighted by Crippen LogP contribution is -2.10. The normalized spacial score (nSPS) is 22.8. The fraction of sp³-hybridized carbons (Fsp3) is 0.545. The van der Waals surface area contributed by atoms with Crippen LogP contribution in [0.1, 0.15) is 26.2 Å². The summed E-state index contributed by atoms with van der Waals surface area (Å²) in [5.74, 6) is 0.742. The highest BCUT2D eigenvalue weighted by atomic mass is 14.9. The molecule has 1 N–H and O–H groups in total. The van der Waals surface area contributed by atoms with Gasteiger partial charge in [0.15, 0.2) is 0 Å². The summed E-state index contributed by atoms with van der Waals surface area (Å²) in [4.78, 5) is 4.27. The van der Waals surface area contributed by atoms with E-state index in [4.69, 9.17) is 0 Å². The minimum Gasteiger partial charge on any atom is -0.354 e. The van der Waals surface area contributed by atoms with E-state index < -0.39 is 0 Å². The van der Waals surface area contributed by atoms with Gasteiger partial charge in [0.2, 0.25) is 0 Å². The van der Waals surface area contributed by atoms with Crippen LogP contribution >= 0.6 is 0 Å². The van der Waals surface area contributed by atoms with Gasteiger partial charge in [0.1, 0.15) is 0 Å². The Labute approximate surface area is 80.4 Å². The monoisotopic (exact) mass is 178 g/mol. The molecule has 1 rings (SSSR count). The highest BCUT2D eigenvalue weighted by Crippen LogP contribution is 2.22. The third-order valence-electron chi connectivity index (χ3n) is 2.39. The molecule has 0 bridgehead atoms. The molecule has 1 atom stereocenters. The first-order valence-electron chi connectivity index (χ1n) is 4.84. The van der Waals surface area contributed by atoms with Gasteiger partial charge >= 0.3 is 0 Å². The molecule has 0 saturated heterocycles. The number of hydrogen-bond donors (Lipinski definition) is 1. The van der Waals surface area contributed by atoms with Crippen LogP contribution in [0.25, 0.3) is 0 Å². The number of hydrogen-bond acceptors (Lipinski definition) is 1. The molecule has 0 amide bonds. The van der Waals surface area contributed by atoms with E-state index in [0.29, 0.717) is 0 Å². The van der Waals surface area contributed by atoms with E-state index in [2.05, 4.69) is 29.9 Å². The lowest BCUT2D eigenvalue weighted by molar-refractivity contribution is 0.482. The van der Waals surface area contributed by atoms with E-state index in [0.717, 1.165) is 12.5 Å². The third kappa shape index (κ3) is 3.92. The molecular weight excluding hydrogens is 160 g/mol. The van der Waals surface area contributed by atoms with Gasteiger partial charge in [-0.2, -0.15) is 0 Å². The summed E-state index contributed by atoms with van der Waals surface area (Å²) in [6.07, 6.45) is 9.41. The topological polar surface area (TPSA) is 24.4 Å². The highest BCUT2D eigenvalue weighted by Gasteiger charge is 2.10. The quantitative estimate of drug-likeness (QED) is 0.399. The molecule has 0 aromatic carbocycles. The van der Waals surface area contributed by atoms with Crippen molar-refractivity contribution in [2.45, 2.75) is 26.2 Å². The van der Waals surface area contributed by atoms with Crippen molar-refractivity contribution in [3.8, 4) is 0 Å². The zero-order valence-electron chi connectivity index (χ0n) is 8.29. The number of nitrogens with zero attached hydrogens (tertiary/aromatic N) is 1. The van der Waals surface area contributed by atoms with Crippen LogP contribution in [0.2, 0.25) is 0 Å². The second-order valence-electron chi connectivity index (χ2n) is 3.56. The zero-order valence-corrected chi connectivity index (χ0v) is 8.29. The Morgan fingerprint density at radius 1 is 1.77 bits per heavy atom. The SMILES string of the molecule is C=CNC=NCC1CC=C(C)CC1. The molecule has 13 heavy (non-hydrogen) atoms. The van der Waals surface area contributed by atoms with Crippen molar-refractivity contribution in [1.29, 1.82) is 0 Å². The largest absolute Gasteiger partial charge is 0.354 e. The van der Waals surface area contributed by atoms with E-state index in [1.165, 1.54) is 24.8 Å². The smallest absolute Gasteiger partial charge is 0.0863 e. The van der Waals surface area contributed by atoms with Crippen molar-refractivity contribution in [2.24, 2.45) is 10.9 Å². The first kappa shape index (κ1) is 10.0. The highest BCUT2D eigenvalue weighted by molar-refractivity contribution is 5.55. The summed E-state index contributed by atoms with van der Waals surface area (Å²) in [5, 5.41) is 2.85. The molecule has 0 spiro atoms. The van der Waals surface area contributed by atoms with E-state index in [1.54, 1.807) is 12.5 Å². The predicted molar refractivity (Wildman–Crippen MR) is 57.8 cm³/mol. The molecule has 1 aliphatic carbocycles. The van der Waals surface area contributed by atoms with E-state index in [-0.39, 0.29) is 0 Å². The second-order valence-corrected chi connectivity index (χ2v) is 3.56. The van der Waals surface area contributed by atoms with Crippen molar-refractivity contribution in [3.63, 3.8) is 0 Å². The van der Waals surface area contributed by atoms with Crippen LogP contribution < -0.4 is 5.32 Å². The van der Waals surface area contributed by atoms with Crippen molar-refractivity contribution >= 4 is 6.34 Å². The molecule has 0 aliphatic heterocycles. The minimum atomic E-state index is 0.742. The Hall–Kier alpha value is -1.05. The van der Waals surface area contributed by atoms with Gasteiger partial charge in [0.05, 0.1) is 6.34 Å². The van der Waals surface area contributed by atoms with Crippen LogP contribution in [0.4, 0.5) is 0 Å². The molecule has 2 nitrogen and oxygen atoms in total. The number of nitrogens with one attached hydrogen (secondary N) is 1. The van der Waals surface area contributed by atoms with E-state index >= 15 is 0 Å². The van der Waals surface area contributed by atoms with Crippen molar-refractivity contribution < 1.29 is 0 Å². The van der Waals surface area contributed by atoms with Crippen LogP contribution in [0.15, 0.2) is 29.4 Å². The molecule has 1 aliphatic rings. The summed E-state index contributed by atoms with van der Waals surface area (Å²) in [5.41, 5.74) is 1.53. The van der Waals surface area contributed by atoms with Crippen LogP contribution in [0.3, 0.4) is 0 Å². The molecule has 0 aromatic rings. The van der Waals surface area contributed by atoms with Gasteiger partial charge in [-0.1, -0.05) is 18.2 Å². The van der Waals surface area contributed by atoms with Gasteiger partial charge in [-0.25, -0.2) is 0 Å². The van der Waals surface area contributed by atoms with Gasteiger partial charge in [-0.3, -0.25) is 4.99 Å². The summed E-state index contributed by atoms with van der Waals surface area (Å²) in [6, 6.07) is 0. The summed E-state index contributed by atoms with van der Waals surface area (Å²) < 4.78 is 0. The van der Waals surface area contributed by atoms with Gasteiger partial charge < -0.3 is 5.32 Å². The van der Waals surface area contributed by atoms with Crippen molar-refractivity contribution in [2.75, 3.05) is 6.54 Å². The number of aliphatic imine (C=N–C) groups is 1. The van der Waals surface area contributed by atoms with Gasteiger partial charge in [0, 0.05) is 6.54 Å². The Morgan fingerprint density at radius 3 is 3.23 bits per heavy atom. The molecule has 0 heterocycles. The van der Waals surface area contributed by atoms with Gasteiger partial charge in [0.25, 0.3) is 0 Å². The van der Waals surface area contributed by atoms with Gasteiger partial charge in [-0.05, 0) is 38.3 Å². The fourth-order valence-electron chi connectivity index (χ4n) is 1.49. The van der Waals surface area contributed by atoms with Crippen LogP contribution in [-0.4, -0.2) is 12.9 Å². The standard InChI is InChI=1S/C11H18N2/c1-3-12-9-13-8-11-6-4-10(2)5-7-11/h3-4,9,11H,1,5-8H2,2H3,(H,12,13). The van der Waals surface area contributed by atoms with Crippen molar-refractivity contribution in [1.82, 2.24) is 5.32 Å². The Kier molecular flexibility index (Phi) is 4.30. The molecule has 0 aromatic heterocycles. The number of rotatable bonds is 4. The molecular formula is C11H18N2. The third-order valence-corrected chi connectivity index (χ3v) is 2.39. The maximum absolute atomic E-state index is 4.27.